The van der Waals surface area contributed by atoms with Crippen LogP contribution in [0.2, 0.25) is 16.6 Å². The summed E-state index contributed by atoms with van der Waals surface area (Å²) >= 11 is 0. The molecule has 0 radical (unpaired) electrons. The average Bonchev–Trinajstić information content (AvgIpc) is 3.06. The van der Waals surface area contributed by atoms with Gasteiger partial charge in [-0.3, -0.25) is 0 Å². The Hall–Kier alpha value is -2.40. The highest BCUT2D eigenvalue weighted by Crippen LogP contribution is 2.42. The number of rotatable bonds is 17. The SMILES string of the molecule is CO[C@H]1O[C@H]([C@@H](O)CO[Si](C(C)C)(C(C)C)C(C)C)[C@@H](OCc2ccccc2)[C@H](OCc2ccccc2)[C@@H]1OCc1ccccc1. The molecule has 1 saturated heterocycles. The molecule has 0 aromatic heterocycles. The fourth-order valence-corrected chi connectivity index (χ4v) is 12.5. The first-order valence-corrected chi connectivity index (χ1v) is 18.8. The molecule has 0 aliphatic carbocycles. The molecular weight excluding hydrogens is 596 g/mol. The molecule has 0 amide bonds. The minimum absolute atomic E-state index is 0.133. The summed E-state index contributed by atoms with van der Waals surface area (Å²) in [6.07, 6.45) is -4.50. The van der Waals surface area contributed by atoms with E-state index in [9.17, 15) is 5.11 Å². The van der Waals surface area contributed by atoms with Crippen LogP contribution in [0.5, 0.6) is 0 Å². The standard InChI is InChI=1S/C38H54O7Si/c1-27(2)46(28(3)4,29(5)6)44-26-33(39)34-35(41-23-30-17-11-8-12-18-30)36(42-24-31-19-13-9-14-20-31)37(38(40-7)45-34)43-25-32-21-15-10-16-22-32/h8-22,27-29,33-39H,23-26H2,1-7H3/t33-,34+,35+,36-,37-,38-/m0/s1. The maximum atomic E-state index is 11.9. The third-order valence-electron chi connectivity index (χ3n) is 9.21. The highest BCUT2D eigenvalue weighted by Gasteiger charge is 2.52. The number of hydrogen-bond acceptors (Lipinski definition) is 7. The molecule has 4 rings (SSSR count). The molecule has 1 fully saturated rings. The second-order valence-electron chi connectivity index (χ2n) is 13.2. The van der Waals surface area contributed by atoms with Gasteiger partial charge in [-0.2, -0.15) is 0 Å². The molecule has 1 aliphatic rings. The second-order valence-corrected chi connectivity index (χ2v) is 18.6. The molecule has 1 heterocycles. The fourth-order valence-electron chi connectivity index (χ4n) is 7.02. The van der Waals surface area contributed by atoms with Gasteiger partial charge in [-0.15, -0.1) is 0 Å². The largest absolute Gasteiger partial charge is 0.413 e. The Balaban J connectivity index is 1.66. The van der Waals surface area contributed by atoms with Gasteiger partial charge in [-0.05, 0) is 33.3 Å². The van der Waals surface area contributed by atoms with Crippen molar-refractivity contribution in [1.29, 1.82) is 0 Å². The van der Waals surface area contributed by atoms with E-state index in [1.807, 2.05) is 91.0 Å². The number of aliphatic hydroxyl groups excluding tert-OH is 1. The summed E-state index contributed by atoms with van der Waals surface area (Å²) in [5.74, 6) is 0. The quantitative estimate of drug-likeness (QED) is 0.150. The van der Waals surface area contributed by atoms with Crippen LogP contribution in [-0.2, 0) is 47.9 Å². The van der Waals surface area contributed by atoms with Gasteiger partial charge in [0, 0.05) is 7.11 Å². The molecule has 0 saturated carbocycles. The lowest BCUT2D eigenvalue weighted by Gasteiger charge is -2.48. The minimum atomic E-state index is -2.26. The third kappa shape index (κ3) is 9.14. The number of hydrogen-bond donors (Lipinski definition) is 1. The molecule has 46 heavy (non-hydrogen) atoms. The van der Waals surface area contributed by atoms with Crippen molar-refractivity contribution in [1.82, 2.24) is 0 Å². The Morgan fingerprint density at radius 1 is 0.609 bits per heavy atom. The van der Waals surface area contributed by atoms with Crippen LogP contribution in [0.3, 0.4) is 0 Å². The molecule has 3 aromatic rings. The van der Waals surface area contributed by atoms with E-state index in [0.717, 1.165) is 16.7 Å². The number of benzene rings is 3. The van der Waals surface area contributed by atoms with Crippen LogP contribution >= 0.6 is 0 Å². The summed E-state index contributed by atoms with van der Waals surface area (Å²) in [7, 11) is -0.662. The van der Waals surface area contributed by atoms with Crippen LogP contribution in [-0.4, -0.2) is 64.0 Å². The third-order valence-corrected chi connectivity index (χ3v) is 15.3. The minimum Gasteiger partial charge on any atom is -0.413 e. The molecule has 1 aliphatic heterocycles. The Morgan fingerprint density at radius 2 is 1.00 bits per heavy atom. The molecule has 3 aromatic carbocycles. The van der Waals surface area contributed by atoms with Crippen LogP contribution < -0.4 is 0 Å². The van der Waals surface area contributed by atoms with E-state index in [-0.39, 0.29) is 6.61 Å². The first-order chi connectivity index (χ1) is 22.2. The molecule has 0 unspecified atom stereocenters. The zero-order valence-electron chi connectivity index (χ0n) is 28.6. The molecule has 1 N–H and O–H groups in total. The van der Waals surface area contributed by atoms with Crippen molar-refractivity contribution in [3.8, 4) is 0 Å². The van der Waals surface area contributed by atoms with Gasteiger partial charge in [0.2, 0.25) is 0 Å². The van der Waals surface area contributed by atoms with E-state index in [4.69, 9.17) is 28.1 Å². The lowest BCUT2D eigenvalue weighted by Crippen LogP contribution is -2.64. The summed E-state index contributed by atoms with van der Waals surface area (Å²) in [4.78, 5) is 0. The molecule has 7 nitrogen and oxygen atoms in total. The normalized spacial score (nSPS) is 22.9. The Kier molecular flexibility index (Phi) is 14.0. The molecular formula is C38H54O7Si. The van der Waals surface area contributed by atoms with Gasteiger partial charge in [0.05, 0.1) is 26.4 Å². The number of ether oxygens (including phenoxy) is 5. The molecule has 0 bridgehead atoms. The predicted octanol–water partition coefficient (Wildman–Crippen LogP) is 7.67. The summed E-state index contributed by atoms with van der Waals surface area (Å²) in [5, 5.41) is 11.9. The fraction of sp³-hybridized carbons (Fsp3) is 0.526. The van der Waals surface area contributed by atoms with Gasteiger partial charge < -0.3 is 33.2 Å². The van der Waals surface area contributed by atoms with Crippen molar-refractivity contribution < 1.29 is 33.2 Å². The van der Waals surface area contributed by atoms with Crippen molar-refractivity contribution in [2.24, 2.45) is 0 Å². The molecule has 252 valence electrons. The van der Waals surface area contributed by atoms with E-state index in [2.05, 4.69) is 41.5 Å². The first-order valence-electron chi connectivity index (χ1n) is 16.6. The van der Waals surface area contributed by atoms with Crippen LogP contribution in [0.25, 0.3) is 0 Å². The summed E-state index contributed by atoms with van der Waals surface area (Å²) in [5.41, 5.74) is 4.18. The summed E-state index contributed by atoms with van der Waals surface area (Å²) < 4.78 is 39.2. The van der Waals surface area contributed by atoms with Crippen LogP contribution in [0.15, 0.2) is 91.0 Å². The van der Waals surface area contributed by atoms with Gasteiger partial charge in [-0.25, -0.2) is 0 Å². The molecule has 8 heteroatoms. The van der Waals surface area contributed by atoms with Crippen LogP contribution in [0.4, 0.5) is 0 Å². The summed E-state index contributed by atoms with van der Waals surface area (Å²) in [6, 6.07) is 30.0. The van der Waals surface area contributed by atoms with E-state index >= 15 is 0 Å². The predicted molar refractivity (Wildman–Crippen MR) is 184 cm³/mol. The maximum absolute atomic E-state index is 11.9. The molecule has 6 atom stereocenters. The lowest BCUT2D eigenvalue weighted by molar-refractivity contribution is -0.330. The van der Waals surface area contributed by atoms with Gasteiger partial charge >= 0.3 is 0 Å². The van der Waals surface area contributed by atoms with Crippen molar-refractivity contribution in [2.75, 3.05) is 13.7 Å². The molecule has 0 spiro atoms. The van der Waals surface area contributed by atoms with Crippen molar-refractivity contribution in [3.63, 3.8) is 0 Å². The highest BCUT2D eigenvalue weighted by atomic mass is 28.4. The van der Waals surface area contributed by atoms with Gasteiger partial charge in [0.15, 0.2) is 14.6 Å². The average molecular weight is 651 g/mol. The second kappa shape index (κ2) is 17.7. The number of aliphatic hydroxyl groups is 1. The van der Waals surface area contributed by atoms with Gasteiger partial charge in [0.1, 0.15) is 30.5 Å². The maximum Gasteiger partial charge on any atom is 0.200 e. The monoisotopic (exact) mass is 650 g/mol. The van der Waals surface area contributed by atoms with E-state index < -0.39 is 45.1 Å². The Bertz CT molecular complexity index is 1240. The Morgan fingerprint density at radius 3 is 1.39 bits per heavy atom. The van der Waals surface area contributed by atoms with Gasteiger partial charge in [0.25, 0.3) is 0 Å². The van der Waals surface area contributed by atoms with Crippen LogP contribution in [0, 0.1) is 0 Å². The topological polar surface area (TPSA) is 75.6 Å². The summed E-state index contributed by atoms with van der Waals surface area (Å²) in [6.45, 7) is 14.6. The first kappa shape index (κ1) is 36.4. The lowest BCUT2D eigenvalue weighted by atomic mass is 9.94. The smallest absolute Gasteiger partial charge is 0.200 e. The zero-order valence-corrected chi connectivity index (χ0v) is 29.6. The number of methoxy groups -OCH3 is 1. The van der Waals surface area contributed by atoms with Crippen LogP contribution in [0.1, 0.15) is 58.2 Å². The Labute approximate surface area is 277 Å². The zero-order chi connectivity index (χ0) is 33.1. The van der Waals surface area contributed by atoms with E-state index in [1.165, 1.54) is 0 Å². The van der Waals surface area contributed by atoms with Gasteiger partial charge in [-0.1, -0.05) is 133 Å². The van der Waals surface area contributed by atoms with Crippen molar-refractivity contribution >= 4 is 8.32 Å². The van der Waals surface area contributed by atoms with E-state index in [0.29, 0.717) is 36.4 Å². The van der Waals surface area contributed by atoms with Crippen molar-refractivity contribution in [2.45, 2.75) is 115 Å². The van der Waals surface area contributed by atoms with E-state index in [1.54, 1.807) is 7.11 Å². The van der Waals surface area contributed by atoms with Crippen molar-refractivity contribution in [3.05, 3.63) is 108 Å². The highest BCUT2D eigenvalue weighted by molar-refractivity contribution is 6.77.